The summed E-state index contributed by atoms with van der Waals surface area (Å²) in [6.45, 7) is 6.64. The largest absolute Gasteiger partial charge is 0.494 e. The third-order valence-electron chi connectivity index (χ3n) is 5.47. The van der Waals surface area contributed by atoms with Gasteiger partial charge < -0.3 is 9.64 Å². The Morgan fingerprint density at radius 2 is 1.74 bits per heavy atom. The summed E-state index contributed by atoms with van der Waals surface area (Å²) in [6, 6.07) is 17.3. The van der Waals surface area contributed by atoms with Crippen molar-refractivity contribution in [1.82, 2.24) is 9.21 Å². The monoisotopic (exact) mass is 382 g/mol. The van der Waals surface area contributed by atoms with Crippen LogP contribution in [0.4, 0.5) is 0 Å². The second kappa shape index (κ2) is 9.63. The Morgan fingerprint density at radius 1 is 0.889 bits per heavy atom. The highest BCUT2D eigenvalue weighted by Crippen LogP contribution is 2.30. The first kappa shape index (κ1) is 18.9. The Morgan fingerprint density at radius 3 is 2.59 bits per heavy atom. The van der Waals surface area contributed by atoms with Crippen LogP contribution in [0.5, 0.6) is 5.75 Å². The van der Waals surface area contributed by atoms with Crippen LogP contribution in [0, 0.1) is 0 Å². The molecule has 0 atom stereocenters. The summed E-state index contributed by atoms with van der Waals surface area (Å²) in [5, 5.41) is 0. The van der Waals surface area contributed by atoms with Gasteiger partial charge in [0.1, 0.15) is 5.75 Å². The molecule has 27 heavy (non-hydrogen) atoms. The summed E-state index contributed by atoms with van der Waals surface area (Å²) >= 11 is 1.86. The number of hydrogen-bond donors (Lipinski definition) is 0. The van der Waals surface area contributed by atoms with E-state index < -0.39 is 0 Å². The zero-order valence-electron chi connectivity index (χ0n) is 16.1. The van der Waals surface area contributed by atoms with E-state index in [4.69, 9.17) is 4.74 Å². The van der Waals surface area contributed by atoms with Crippen molar-refractivity contribution in [3.63, 3.8) is 0 Å². The van der Waals surface area contributed by atoms with Crippen LogP contribution in [0.1, 0.15) is 36.8 Å². The molecule has 2 aromatic rings. The van der Waals surface area contributed by atoms with Crippen LogP contribution < -0.4 is 4.74 Å². The first-order valence-electron chi connectivity index (χ1n) is 10.3. The first-order valence-corrected chi connectivity index (χ1v) is 11.1. The van der Waals surface area contributed by atoms with Gasteiger partial charge >= 0.3 is 0 Å². The molecule has 0 spiro atoms. The van der Waals surface area contributed by atoms with Crippen LogP contribution in [0.25, 0.3) is 0 Å². The van der Waals surface area contributed by atoms with Crippen LogP contribution in [0.3, 0.4) is 0 Å². The van der Waals surface area contributed by atoms with Gasteiger partial charge in [0.25, 0.3) is 0 Å². The molecule has 4 heteroatoms. The lowest BCUT2D eigenvalue weighted by molar-refractivity contribution is 0.205. The van der Waals surface area contributed by atoms with Gasteiger partial charge in [0.15, 0.2) is 0 Å². The summed E-state index contributed by atoms with van der Waals surface area (Å²) in [5.74, 6) is 1.04. The summed E-state index contributed by atoms with van der Waals surface area (Å²) < 4.78 is 8.50. The van der Waals surface area contributed by atoms with E-state index in [9.17, 15) is 0 Å². The molecular formula is C23H30N2OS. The molecule has 0 bridgehead atoms. The molecule has 2 aliphatic heterocycles. The molecule has 0 aromatic heterocycles. The predicted octanol–water partition coefficient (Wildman–Crippen LogP) is 5.01. The minimum Gasteiger partial charge on any atom is -0.494 e. The number of nitrogens with zero attached hydrogens (tertiary/aromatic N) is 2. The Bertz CT molecular complexity index is 716. The summed E-state index contributed by atoms with van der Waals surface area (Å²) in [6.07, 6.45) is 6.36. The molecule has 0 amide bonds. The molecule has 0 aliphatic carbocycles. The number of ether oxygens (including phenoxy) is 1. The quantitative estimate of drug-likeness (QED) is 0.494. The summed E-state index contributed by atoms with van der Waals surface area (Å²) in [4.78, 5) is 3.90. The SMILES string of the molecule is c1ccc(SN2CCc3cc(OCCCN4CCCCC4)ccc3C2)cc1. The van der Waals surface area contributed by atoms with Gasteiger partial charge in [-0.25, -0.2) is 4.31 Å². The van der Waals surface area contributed by atoms with Crippen molar-refractivity contribution in [3.05, 3.63) is 59.7 Å². The van der Waals surface area contributed by atoms with Gasteiger partial charge in [0.05, 0.1) is 6.61 Å². The Labute approximate surface area is 167 Å². The van der Waals surface area contributed by atoms with Gasteiger partial charge in [0, 0.05) is 24.5 Å². The molecule has 2 heterocycles. The van der Waals surface area contributed by atoms with E-state index in [2.05, 4.69) is 57.7 Å². The predicted molar refractivity (Wildman–Crippen MR) is 113 cm³/mol. The van der Waals surface area contributed by atoms with E-state index in [-0.39, 0.29) is 0 Å². The molecule has 3 nitrogen and oxygen atoms in total. The van der Waals surface area contributed by atoms with E-state index in [0.717, 1.165) is 38.3 Å². The van der Waals surface area contributed by atoms with E-state index in [0.29, 0.717) is 0 Å². The van der Waals surface area contributed by atoms with Crippen LogP contribution in [0.2, 0.25) is 0 Å². The smallest absolute Gasteiger partial charge is 0.119 e. The second-order valence-corrected chi connectivity index (χ2v) is 8.72. The van der Waals surface area contributed by atoms with Crippen molar-refractivity contribution < 1.29 is 4.74 Å². The molecule has 0 saturated carbocycles. The molecule has 0 unspecified atom stereocenters. The fraction of sp³-hybridized carbons (Fsp3) is 0.478. The molecule has 2 aromatic carbocycles. The van der Waals surface area contributed by atoms with Gasteiger partial charge in [-0.3, -0.25) is 0 Å². The lowest BCUT2D eigenvalue weighted by Crippen LogP contribution is -2.31. The highest BCUT2D eigenvalue weighted by atomic mass is 32.2. The molecule has 144 valence electrons. The second-order valence-electron chi connectivity index (χ2n) is 7.55. The van der Waals surface area contributed by atoms with Crippen LogP contribution >= 0.6 is 11.9 Å². The van der Waals surface area contributed by atoms with Crippen molar-refractivity contribution in [1.29, 1.82) is 0 Å². The molecular weight excluding hydrogens is 352 g/mol. The van der Waals surface area contributed by atoms with Gasteiger partial charge in [-0.05, 0) is 86.1 Å². The number of piperidine rings is 1. The number of fused-ring (bicyclic) bond motifs is 1. The molecule has 0 radical (unpaired) electrons. The molecule has 0 N–H and O–H groups in total. The summed E-state index contributed by atoms with van der Waals surface area (Å²) in [5.41, 5.74) is 2.89. The van der Waals surface area contributed by atoms with Crippen molar-refractivity contribution >= 4 is 11.9 Å². The minimum absolute atomic E-state index is 0.825. The fourth-order valence-corrected chi connectivity index (χ4v) is 4.93. The van der Waals surface area contributed by atoms with E-state index in [1.807, 2.05) is 11.9 Å². The first-order chi connectivity index (χ1) is 13.4. The van der Waals surface area contributed by atoms with Gasteiger partial charge in [-0.1, -0.05) is 30.7 Å². The topological polar surface area (TPSA) is 15.7 Å². The van der Waals surface area contributed by atoms with Crippen molar-refractivity contribution in [2.45, 2.75) is 43.5 Å². The van der Waals surface area contributed by atoms with Crippen molar-refractivity contribution in [2.24, 2.45) is 0 Å². The zero-order valence-corrected chi connectivity index (χ0v) is 16.9. The number of benzene rings is 2. The Hall–Kier alpha value is -1.49. The third-order valence-corrected chi connectivity index (χ3v) is 6.52. The van der Waals surface area contributed by atoms with Crippen molar-refractivity contribution in [2.75, 3.05) is 32.8 Å². The zero-order chi connectivity index (χ0) is 18.3. The van der Waals surface area contributed by atoms with Gasteiger partial charge in [-0.2, -0.15) is 0 Å². The summed E-state index contributed by atoms with van der Waals surface area (Å²) in [7, 11) is 0. The molecule has 2 aliphatic rings. The average Bonchev–Trinajstić information content (AvgIpc) is 2.73. The minimum atomic E-state index is 0.825. The Kier molecular flexibility index (Phi) is 6.72. The number of hydrogen-bond acceptors (Lipinski definition) is 4. The lowest BCUT2D eigenvalue weighted by Gasteiger charge is -2.28. The normalized spacial score (nSPS) is 18.2. The number of rotatable bonds is 7. The fourth-order valence-electron chi connectivity index (χ4n) is 3.96. The maximum absolute atomic E-state index is 6.04. The van der Waals surface area contributed by atoms with E-state index in [1.165, 1.54) is 54.9 Å². The molecule has 1 fully saturated rings. The average molecular weight is 383 g/mol. The van der Waals surface area contributed by atoms with Crippen molar-refractivity contribution in [3.8, 4) is 5.75 Å². The van der Waals surface area contributed by atoms with E-state index in [1.54, 1.807) is 0 Å². The highest BCUT2D eigenvalue weighted by Gasteiger charge is 2.18. The van der Waals surface area contributed by atoms with E-state index >= 15 is 0 Å². The Balaban J connectivity index is 1.24. The lowest BCUT2D eigenvalue weighted by atomic mass is 10.0. The van der Waals surface area contributed by atoms with Gasteiger partial charge in [0.2, 0.25) is 0 Å². The third kappa shape index (κ3) is 5.50. The standard InChI is InChI=1S/C23H30N2OS/c1-3-8-23(9-4-1)27-25-16-12-20-18-22(11-10-21(20)19-25)26-17-7-15-24-13-5-2-6-14-24/h1,3-4,8-11,18H,2,5-7,12-17,19H2. The molecule has 4 rings (SSSR count). The van der Waals surface area contributed by atoms with Crippen LogP contribution in [-0.2, 0) is 13.0 Å². The van der Waals surface area contributed by atoms with Gasteiger partial charge in [-0.15, -0.1) is 0 Å². The molecule has 1 saturated heterocycles. The maximum Gasteiger partial charge on any atom is 0.119 e. The highest BCUT2D eigenvalue weighted by molar-refractivity contribution is 7.97. The maximum atomic E-state index is 6.04. The van der Waals surface area contributed by atoms with Crippen LogP contribution in [-0.4, -0.2) is 42.0 Å². The number of likely N-dealkylation sites (tertiary alicyclic amines) is 1. The van der Waals surface area contributed by atoms with Crippen LogP contribution in [0.15, 0.2) is 53.4 Å².